The molecule has 34 heavy (non-hydrogen) atoms. The van der Waals surface area contributed by atoms with Crippen molar-refractivity contribution in [2.24, 2.45) is 5.73 Å². The van der Waals surface area contributed by atoms with E-state index < -0.39 is 22.0 Å². The number of carbonyl (C=O) groups is 2. The Morgan fingerprint density at radius 2 is 1.74 bits per heavy atom. The van der Waals surface area contributed by atoms with Crippen LogP contribution in [0.5, 0.6) is 5.75 Å². The molecule has 0 unspecified atom stereocenters. The van der Waals surface area contributed by atoms with Crippen molar-refractivity contribution in [2.45, 2.75) is 30.3 Å². The number of para-hydroxylation sites is 2. The Kier molecular flexibility index (Phi) is 5.95. The second-order valence-electron chi connectivity index (χ2n) is 8.93. The first kappa shape index (κ1) is 22.7. The van der Waals surface area contributed by atoms with Gasteiger partial charge in [-0.3, -0.25) is 9.59 Å². The fourth-order valence-electron chi connectivity index (χ4n) is 4.90. The maximum absolute atomic E-state index is 13.2. The van der Waals surface area contributed by atoms with Crippen LogP contribution in [0.4, 0.5) is 5.69 Å². The molecule has 0 radical (unpaired) electrons. The van der Waals surface area contributed by atoms with Gasteiger partial charge in [-0.15, -0.1) is 0 Å². The molecule has 1 atom stereocenters. The van der Waals surface area contributed by atoms with Crippen LogP contribution in [0.1, 0.15) is 17.5 Å². The number of piperazine rings is 1. The van der Waals surface area contributed by atoms with E-state index in [0.29, 0.717) is 23.7 Å². The molecule has 180 valence electrons. The lowest BCUT2D eigenvalue weighted by Gasteiger charge is -2.38. The first-order valence-electron chi connectivity index (χ1n) is 11.5. The molecule has 2 heterocycles. The van der Waals surface area contributed by atoms with Crippen molar-refractivity contribution >= 4 is 27.5 Å². The normalized spacial score (nSPS) is 20.4. The van der Waals surface area contributed by atoms with Crippen molar-refractivity contribution in [1.29, 1.82) is 0 Å². The molecule has 2 aromatic rings. The highest BCUT2D eigenvalue weighted by molar-refractivity contribution is 7.89. The van der Waals surface area contributed by atoms with Gasteiger partial charge in [-0.2, -0.15) is 4.31 Å². The lowest BCUT2D eigenvalue weighted by molar-refractivity contribution is -0.131. The topological polar surface area (TPSA) is 113 Å². The predicted octanol–water partition coefficient (Wildman–Crippen LogP) is 0.761. The number of sulfonamides is 1. The molecule has 2 amide bonds. The number of nitrogens with two attached hydrogens (primary N) is 1. The van der Waals surface area contributed by atoms with Crippen molar-refractivity contribution < 1.29 is 22.7 Å². The van der Waals surface area contributed by atoms with E-state index in [4.69, 9.17) is 10.5 Å². The summed E-state index contributed by atoms with van der Waals surface area (Å²) in [4.78, 5) is 28.6. The Morgan fingerprint density at radius 3 is 2.50 bits per heavy atom. The Hall–Kier alpha value is -3.11. The molecule has 1 saturated heterocycles. The Balaban J connectivity index is 1.24. The van der Waals surface area contributed by atoms with E-state index in [9.17, 15) is 18.0 Å². The summed E-state index contributed by atoms with van der Waals surface area (Å²) in [6.45, 7) is 1.36. The molecule has 1 fully saturated rings. The number of rotatable bonds is 5. The van der Waals surface area contributed by atoms with Crippen molar-refractivity contribution in [3.63, 3.8) is 0 Å². The van der Waals surface area contributed by atoms with E-state index in [0.717, 1.165) is 30.5 Å². The van der Waals surface area contributed by atoms with Crippen LogP contribution in [0.2, 0.25) is 0 Å². The van der Waals surface area contributed by atoms with Crippen LogP contribution in [0.3, 0.4) is 0 Å². The number of amides is 2. The Labute approximate surface area is 199 Å². The third-order valence-corrected chi connectivity index (χ3v) is 8.70. The predicted molar refractivity (Wildman–Crippen MR) is 126 cm³/mol. The number of fused-ring (bicyclic) bond motifs is 2. The van der Waals surface area contributed by atoms with Crippen molar-refractivity contribution in [1.82, 2.24) is 9.21 Å². The number of hydrogen-bond donors (Lipinski definition) is 1. The summed E-state index contributed by atoms with van der Waals surface area (Å²) < 4.78 is 33.5. The van der Waals surface area contributed by atoms with E-state index in [2.05, 4.69) is 0 Å². The number of carbonyl (C=O) groups excluding carboxylic acids is 2. The zero-order valence-electron chi connectivity index (χ0n) is 18.9. The minimum absolute atomic E-state index is 0.0573. The number of primary amides is 1. The number of anilines is 1. The summed E-state index contributed by atoms with van der Waals surface area (Å²) in [5.41, 5.74) is 8.53. The smallest absolute Gasteiger partial charge is 0.260 e. The number of ether oxygens (including phenoxy) is 1. The van der Waals surface area contributed by atoms with E-state index in [-0.39, 0.29) is 32.1 Å². The summed E-state index contributed by atoms with van der Waals surface area (Å²) in [5.74, 6) is -0.206. The molecule has 5 rings (SSSR count). The molecule has 2 N–H and O–H groups in total. The highest BCUT2D eigenvalue weighted by Gasteiger charge is 2.34. The Morgan fingerprint density at radius 1 is 1.00 bits per heavy atom. The van der Waals surface area contributed by atoms with Gasteiger partial charge in [-0.1, -0.05) is 18.2 Å². The van der Waals surface area contributed by atoms with Gasteiger partial charge in [0.2, 0.25) is 15.9 Å². The molecule has 0 saturated carbocycles. The average Bonchev–Trinajstić information content (AvgIpc) is 3.32. The van der Waals surface area contributed by atoms with E-state index >= 15 is 0 Å². The third-order valence-electron chi connectivity index (χ3n) is 6.80. The van der Waals surface area contributed by atoms with Crippen molar-refractivity contribution in [3.8, 4) is 5.75 Å². The monoisotopic (exact) mass is 484 g/mol. The van der Waals surface area contributed by atoms with Crippen LogP contribution in [-0.2, 0) is 32.5 Å². The first-order chi connectivity index (χ1) is 16.3. The van der Waals surface area contributed by atoms with Crippen LogP contribution in [0.15, 0.2) is 47.4 Å². The van der Waals surface area contributed by atoms with E-state index in [1.54, 1.807) is 34.1 Å². The molecule has 0 bridgehead atoms. The van der Waals surface area contributed by atoms with Gasteiger partial charge >= 0.3 is 0 Å². The number of nitrogens with zero attached hydrogens (tertiary/aromatic N) is 3. The fourth-order valence-corrected chi connectivity index (χ4v) is 6.38. The van der Waals surface area contributed by atoms with Crippen LogP contribution < -0.4 is 15.4 Å². The van der Waals surface area contributed by atoms with Gasteiger partial charge in [0.1, 0.15) is 5.75 Å². The zero-order valence-corrected chi connectivity index (χ0v) is 19.7. The summed E-state index contributed by atoms with van der Waals surface area (Å²) in [6.07, 6.45) is 2.15. The molecule has 3 aliphatic rings. The molecule has 0 spiro atoms. The molecule has 2 aliphatic heterocycles. The minimum Gasteiger partial charge on any atom is -0.477 e. The molecule has 2 aromatic carbocycles. The van der Waals surface area contributed by atoms with Gasteiger partial charge < -0.3 is 20.3 Å². The van der Waals surface area contributed by atoms with Gasteiger partial charge in [0, 0.05) is 26.2 Å². The van der Waals surface area contributed by atoms with Crippen molar-refractivity contribution in [3.05, 3.63) is 53.6 Å². The van der Waals surface area contributed by atoms with Gasteiger partial charge in [0.25, 0.3) is 5.91 Å². The molecule has 9 nitrogen and oxygen atoms in total. The first-order valence-corrected chi connectivity index (χ1v) is 13.0. The van der Waals surface area contributed by atoms with Crippen LogP contribution >= 0.6 is 0 Å². The molecule has 0 aromatic heterocycles. The minimum atomic E-state index is -3.60. The van der Waals surface area contributed by atoms with E-state index in [1.807, 2.05) is 18.2 Å². The maximum Gasteiger partial charge on any atom is 0.260 e. The SMILES string of the molecule is NC(=O)[C@@H]1CN(CC(=O)N2CCN(S(=O)(=O)c3ccc4c(c3)CCC4)CC2)c2ccccc2O1. The standard InChI is InChI=1S/C24H28N4O5S/c25-24(30)22-15-27(20-6-1-2-7-21(20)33-22)16-23(29)26-10-12-28(13-11-26)34(31,32)19-9-8-17-4-3-5-18(17)14-19/h1-2,6-9,14,22H,3-5,10-13,15-16H2,(H2,25,30)/t22-/m0/s1. The lowest BCUT2D eigenvalue weighted by Crippen LogP contribution is -2.54. The summed E-state index contributed by atoms with van der Waals surface area (Å²) >= 11 is 0. The summed E-state index contributed by atoms with van der Waals surface area (Å²) in [7, 11) is -3.60. The van der Waals surface area contributed by atoms with Crippen molar-refractivity contribution in [2.75, 3.05) is 44.2 Å². The maximum atomic E-state index is 13.2. The highest BCUT2D eigenvalue weighted by Crippen LogP contribution is 2.33. The lowest BCUT2D eigenvalue weighted by atomic mass is 10.1. The van der Waals surface area contributed by atoms with Crippen LogP contribution in [-0.4, -0.2) is 74.8 Å². The van der Waals surface area contributed by atoms with Gasteiger partial charge in [-0.25, -0.2) is 8.42 Å². The van der Waals surface area contributed by atoms with Crippen LogP contribution in [0.25, 0.3) is 0 Å². The number of hydrogen-bond acceptors (Lipinski definition) is 6. The summed E-state index contributed by atoms with van der Waals surface area (Å²) in [5, 5.41) is 0. The zero-order chi connectivity index (χ0) is 23.9. The highest BCUT2D eigenvalue weighted by atomic mass is 32.2. The largest absolute Gasteiger partial charge is 0.477 e. The molecular weight excluding hydrogens is 456 g/mol. The molecule has 10 heteroatoms. The second kappa shape index (κ2) is 8.92. The fraction of sp³-hybridized carbons (Fsp3) is 0.417. The molecule has 1 aliphatic carbocycles. The second-order valence-corrected chi connectivity index (χ2v) is 10.9. The Bertz CT molecular complexity index is 1220. The van der Waals surface area contributed by atoms with E-state index in [1.165, 1.54) is 9.87 Å². The average molecular weight is 485 g/mol. The number of aryl methyl sites for hydroxylation is 2. The number of benzene rings is 2. The molecular formula is C24H28N4O5S. The van der Waals surface area contributed by atoms with Gasteiger partial charge in [-0.05, 0) is 54.7 Å². The van der Waals surface area contributed by atoms with Crippen LogP contribution in [0, 0.1) is 0 Å². The summed E-state index contributed by atoms with van der Waals surface area (Å²) in [6, 6.07) is 12.6. The van der Waals surface area contributed by atoms with Gasteiger partial charge in [0.15, 0.2) is 6.10 Å². The van der Waals surface area contributed by atoms with Gasteiger partial charge in [0.05, 0.1) is 23.7 Å². The quantitative estimate of drug-likeness (QED) is 0.671. The third kappa shape index (κ3) is 4.23.